The highest BCUT2D eigenvalue weighted by molar-refractivity contribution is 7.92. The molecule has 140 valence electrons. The molecule has 1 aliphatic heterocycles. The summed E-state index contributed by atoms with van der Waals surface area (Å²) in [5.41, 5.74) is 2.85. The van der Waals surface area contributed by atoms with Gasteiger partial charge in [0.1, 0.15) is 12.4 Å². The second-order valence-corrected chi connectivity index (χ2v) is 8.36. The molecule has 1 aromatic heterocycles. The summed E-state index contributed by atoms with van der Waals surface area (Å²) in [6.07, 6.45) is 3.20. The van der Waals surface area contributed by atoms with E-state index in [0.717, 1.165) is 22.7 Å². The molecule has 1 aliphatic rings. The molecule has 0 saturated heterocycles. The first-order valence-electron chi connectivity index (χ1n) is 8.51. The molecule has 27 heavy (non-hydrogen) atoms. The van der Waals surface area contributed by atoms with Gasteiger partial charge in [-0.3, -0.25) is 9.10 Å². The normalized spacial score (nSPS) is 13.9. The maximum absolute atomic E-state index is 12.5. The largest absolute Gasteiger partial charge is 0.489 e. The van der Waals surface area contributed by atoms with E-state index in [1.807, 2.05) is 30.5 Å². The maximum Gasteiger partial charge on any atom is 0.232 e. The molecule has 2 aromatic carbocycles. The van der Waals surface area contributed by atoms with Crippen LogP contribution >= 0.6 is 0 Å². The number of anilines is 2. The van der Waals surface area contributed by atoms with Gasteiger partial charge in [0.15, 0.2) is 0 Å². The molecule has 7 nitrogen and oxygen atoms in total. The second kappa shape index (κ2) is 6.62. The van der Waals surface area contributed by atoms with Gasteiger partial charge in [-0.2, -0.15) is 0 Å². The van der Waals surface area contributed by atoms with Crippen molar-refractivity contribution in [3.05, 3.63) is 54.2 Å². The third-order valence-electron chi connectivity index (χ3n) is 4.49. The number of nitrogens with one attached hydrogen (secondary N) is 2. The van der Waals surface area contributed by atoms with E-state index in [1.54, 1.807) is 18.2 Å². The molecule has 4 rings (SSSR count). The van der Waals surface area contributed by atoms with Crippen molar-refractivity contribution in [3.8, 4) is 5.75 Å². The van der Waals surface area contributed by atoms with Gasteiger partial charge in [0.2, 0.25) is 15.9 Å². The third-order valence-corrected chi connectivity index (χ3v) is 5.67. The van der Waals surface area contributed by atoms with E-state index < -0.39 is 10.0 Å². The molecule has 0 saturated carbocycles. The van der Waals surface area contributed by atoms with Crippen molar-refractivity contribution in [2.24, 2.45) is 0 Å². The number of hydrogen-bond acceptors (Lipinski definition) is 4. The first kappa shape index (κ1) is 17.4. The smallest absolute Gasteiger partial charge is 0.232 e. The highest BCUT2D eigenvalue weighted by Gasteiger charge is 2.25. The number of ether oxygens (including phenoxy) is 1. The fourth-order valence-electron chi connectivity index (χ4n) is 3.27. The number of H-pyrrole nitrogens is 1. The number of aromatic amines is 1. The highest BCUT2D eigenvalue weighted by Crippen LogP contribution is 2.35. The average Bonchev–Trinajstić information content (AvgIpc) is 3.03. The summed E-state index contributed by atoms with van der Waals surface area (Å²) in [5, 5.41) is 3.85. The minimum atomic E-state index is -3.41. The van der Waals surface area contributed by atoms with Crippen molar-refractivity contribution in [2.45, 2.75) is 6.42 Å². The topological polar surface area (TPSA) is 91.5 Å². The average molecular weight is 385 g/mol. The second-order valence-electron chi connectivity index (χ2n) is 6.45. The van der Waals surface area contributed by atoms with Gasteiger partial charge in [-0.15, -0.1) is 0 Å². The van der Waals surface area contributed by atoms with E-state index >= 15 is 0 Å². The lowest BCUT2D eigenvalue weighted by Crippen LogP contribution is -2.37. The Morgan fingerprint density at radius 2 is 2.07 bits per heavy atom. The lowest BCUT2D eigenvalue weighted by Gasteiger charge is -2.29. The van der Waals surface area contributed by atoms with Crippen molar-refractivity contribution < 1.29 is 17.9 Å². The van der Waals surface area contributed by atoms with Crippen LogP contribution in [0.1, 0.15) is 5.56 Å². The van der Waals surface area contributed by atoms with Crippen molar-refractivity contribution in [3.63, 3.8) is 0 Å². The molecule has 0 radical (unpaired) electrons. The van der Waals surface area contributed by atoms with E-state index in [0.29, 0.717) is 23.7 Å². The Bertz CT molecular complexity index is 1120. The van der Waals surface area contributed by atoms with E-state index in [1.165, 1.54) is 4.31 Å². The van der Waals surface area contributed by atoms with Crippen molar-refractivity contribution >= 4 is 38.2 Å². The minimum Gasteiger partial charge on any atom is -0.489 e. The molecular weight excluding hydrogens is 366 g/mol. The number of benzene rings is 2. The van der Waals surface area contributed by atoms with Crippen LogP contribution in [-0.4, -0.2) is 38.7 Å². The highest BCUT2D eigenvalue weighted by atomic mass is 32.2. The van der Waals surface area contributed by atoms with E-state index in [9.17, 15) is 13.2 Å². The van der Waals surface area contributed by atoms with Crippen LogP contribution in [0.25, 0.3) is 10.9 Å². The Morgan fingerprint density at radius 3 is 2.89 bits per heavy atom. The number of hydrogen-bond donors (Lipinski definition) is 2. The van der Waals surface area contributed by atoms with Gasteiger partial charge >= 0.3 is 0 Å². The Kier molecular flexibility index (Phi) is 4.27. The number of aromatic nitrogens is 1. The zero-order valence-electron chi connectivity index (χ0n) is 14.7. The summed E-state index contributed by atoms with van der Waals surface area (Å²) in [6.45, 7) is 0.547. The lowest BCUT2D eigenvalue weighted by molar-refractivity contribution is -0.115. The number of para-hydroxylation sites is 1. The molecule has 1 amide bonds. The molecular formula is C19H19N3O4S. The Balaban J connectivity index is 1.55. The van der Waals surface area contributed by atoms with Crippen LogP contribution < -0.4 is 14.4 Å². The minimum absolute atomic E-state index is 0.178. The molecule has 0 atom stereocenters. The zero-order valence-corrected chi connectivity index (χ0v) is 15.5. The van der Waals surface area contributed by atoms with Gasteiger partial charge in [-0.05, 0) is 29.8 Å². The van der Waals surface area contributed by atoms with Gasteiger partial charge in [0, 0.05) is 22.8 Å². The van der Waals surface area contributed by atoms with Crippen LogP contribution in [0.3, 0.4) is 0 Å². The van der Waals surface area contributed by atoms with Gasteiger partial charge in [-0.25, -0.2) is 8.42 Å². The number of carbonyl (C=O) groups excluding carboxylic acids is 1. The predicted molar refractivity (Wildman–Crippen MR) is 105 cm³/mol. The van der Waals surface area contributed by atoms with Gasteiger partial charge in [-0.1, -0.05) is 18.2 Å². The van der Waals surface area contributed by atoms with Crippen LogP contribution in [0.15, 0.2) is 48.7 Å². The summed E-state index contributed by atoms with van der Waals surface area (Å²) < 4.78 is 30.8. The summed E-state index contributed by atoms with van der Waals surface area (Å²) in [5.74, 6) is 0.309. The van der Waals surface area contributed by atoms with Crippen LogP contribution in [0.4, 0.5) is 11.4 Å². The molecule has 2 heterocycles. The fourth-order valence-corrected chi connectivity index (χ4v) is 4.18. The Labute approximate surface area is 157 Å². The number of sulfonamides is 1. The van der Waals surface area contributed by atoms with Gasteiger partial charge in [0.25, 0.3) is 0 Å². The molecule has 2 N–H and O–H groups in total. The molecule has 0 unspecified atom stereocenters. The molecule has 0 spiro atoms. The van der Waals surface area contributed by atoms with E-state index in [4.69, 9.17) is 4.74 Å². The van der Waals surface area contributed by atoms with Crippen molar-refractivity contribution in [2.75, 3.05) is 29.0 Å². The van der Waals surface area contributed by atoms with Crippen LogP contribution in [0, 0.1) is 0 Å². The maximum atomic E-state index is 12.5. The lowest BCUT2D eigenvalue weighted by atomic mass is 10.1. The van der Waals surface area contributed by atoms with E-state index in [-0.39, 0.29) is 18.9 Å². The monoisotopic (exact) mass is 385 g/mol. The van der Waals surface area contributed by atoms with Crippen LogP contribution in [-0.2, 0) is 21.2 Å². The number of rotatable bonds is 4. The Hall–Kier alpha value is -3.00. The Morgan fingerprint density at radius 1 is 1.26 bits per heavy atom. The van der Waals surface area contributed by atoms with Crippen LogP contribution in [0.5, 0.6) is 5.75 Å². The number of amides is 1. The molecule has 3 aromatic rings. The predicted octanol–water partition coefficient (Wildman–Crippen LogP) is 2.51. The standard InChI is InChI=1S/C19H19N3O4S/c1-27(24,25)22-8-9-26-18-7-6-14(11-17(18)22)21-19(23)10-13-12-20-16-5-3-2-4-15(13)16/h2-7,11-12,20H,8-10H2,1H3,(H,21,23). The van der Waals surface area contributed by atoms with Crippen molar-refractivity contribution in [1.82, 2.24) is 4.98 Å². The van der Waals surface area contributed by atoms with Gasteiger partial charge in [0.05, 0.1) is 24.9 Å². The molecule has 0 aliphatic carbocycles. The summed E-state index contributed by atoms with van der Waals surface area (Å²) in [6, 6.07) is 12.8. The quantitative estimate of drug-likeness (QED) is 0.722. The first-order chi connectivity index (χ1) is 12.9. The SMILES string of the molecule is CS(=O)(=O)N1CCOc2ccc(NC(=O)Cc3c[nH]c4ccccc34)cc21. The summed E-state index contributed by atoms with van der Waals surface area (Å²) >= 11 is 0. The van der Waals surface area contributed by atoms with E-state index in [2.05, 4.69) is 10.3 Å². The third kappa shape index (κ3) is 3.48. The summed E-state index contributed by atoms with van der Waals surface area (Å²) in [4.78, 5) is 15.6. The van der Waals surface area contributed by atoms with Crippen LogP contribution in [0.2, 0.25) is 0 Å². The molecule has 0 fully saturated rings. The number of fused-ring (bicyclic) bond motifs is 2. The zero-order chi connectivity index (χ0) is 19.0. The first-order valence-corrected chi connectivity index (χ1v) is 10.4. The fraction of sp³-hybridized carbons (Fsp3) is 0.211. The summed E-state index contributed by atoms with van der Waals surface area (Å²) in [7, 11) is -3.41. The van der Waals surface area contributed by atoms with Crippen molar-refractivity contribution in [1.29, 1.82) is 0 Å². The van der Waals surface area contributed by atoms with Gasteiger partial charge < -0.3 is 15.0 Å². The number of carbonyl (C=O) groups is 1. The number of nitrogens with zero attached hydrogens (tertiary/aromatic N) is 1. The molecule has 0 bridgehead atoms. The molecule has 8 heteroatoms.